The molecule has 1 aromatic carbocycles. The molecule has 1 atom stereocenters. The molecule has 114 valence electrons. The second-order valence-corrected chi connectivity index (χ2v) is 7.49. The number of rotatable bonds is 2. The molecule has 0 spiro atoms. The predicted molar refractivity (Wildman–Crippen MR) is 90.1 cm³/mol. The number of hydrogen-bond acceptors (Lipinski definition) is 4. The first-order valence-electron chi connectivity index (χ1n) is 6.90. The molecule has 4 nitrogen and oxygen atoms in total. The molecule has 1 aliphatic rings. The summed E-state index contributed by atoms with van der Waals surface area (Å²) in [6.45, 7) is 8.24. The average Bonchev–Trinajstić information content (AvgIpc) is 2.97. The van der Waals surface area contributed by atoms with Crippen molar-refractivity contribution in [3.63, 3.8) is 0 Å². The molecule has 0 saturated heterocycles. The fourth-order valence-electron chi connectivity index (χ4n) is 2.39. The van der Waals surface area contributed by atoms with Crippen LogP contribution in [0.1, 0.15) is 26.3 Å². The van der Waals surface area contributed by atoms with Gasteiger partial charge in [0.05, 0.1) is 0 Å². The summed E-state index contributed by atoms with van der Waals surface area (Å²) in [5.74, 6) is 0.948. The van der Waals surface area contributed by atoms with Gasteiger partial charge in [-0.25, -0.2) is 0 Å². The number of nitrogens with zero attached hydrogens (tertiary/aromatic N) is 3. The highest BCUT2D eigenvalue weighted by atomic mass is 35.5. The van der Waals surface area contributed by atoms with Crippen LogP contribution in [-0.2, 0) is 12.0 Å². The van der Waals surface area contributed by atoms with Crippen molar-refractivity contribution in [1.29, 1.82) is 0 Å². The summed E-state index contributed by atoms with van der Waals surface area (Å²) in [5, 5.41) is 9.99. The van der Waals surface area contributed by atoms with Gasteiger partial charge in [0.25, 0.3) is 0 Å². The highest BCUT2D eigenvalue weighted by Crippen LogP contribution is 2.34. The Morgan fingerprint density at radius 3 is 2.48 bits per heavy atom. The summed E-state index contributed by atoms with van der Waals surface area (Å²) >= 11 is 1.72. The number of thioether (sulfide) groups is 1. The van der Waals surface area contributed by atoms with Gasteiger partial charge in [-0.2, -0.15) is 0 Å². The topological polar surface area (TPSA) is 56.7 Å². The Kier molecular flexibility index (Phi) is 4.66. The molecule has 2 heterocycles. The lowest BCUT2D eigenvalue weighted by Crippen LogP contribution is -2.18. The molecule has 3 rings (SSSR count). The van der Waals surface area contributed by atoms with Crippen LogP contribution in [-0.4, -0.2) is 26.6 Å². The summed E-state index contributed by atoms with van der Waals surface area (Å²) in [5.41, 5.74) is 8.37. The van der Waals surface area contributed by atoms with Crippen LogP contribution >= 0.6 is 24.2 Å². The highest BCUT2D eigenvalue weighted by Gasteiger charge is 2.26. The number of halogens is 1. The SMILES string of the molecule is CC(C)(C)c1ccc(-c2nnc3n2CC(CN)S3)cc1.Cl. The third kappa shape index (κ3) is 3.10. The molecular formula is C15H21ClN4S. The Bertz CT molecular complexity index is 616. The Balaban J connectivity index is 0.00000161. The van der Waals surface area contributed by atoms with Gasteiger partial charge in [-0.05, 0) is 11.0 Å². The maximum atomic E-state index is 5.75. The van der Waals surface area contributed by atoms with Crippen LogP contribution in [0.2, 0.25) is 0 Å². The highest BCUT2D eigenvalue weighted by molar-refractivity contribution is 8.00. The summed E-state index contributed by atoms with van der Waals surface area (Å²) in [6.07, 6.45) is 0. The van der Waals surface area contributed by atoms with Gasteiger partial charge in [0, 0.05) is 23.9 Å². The molecule has 0 saturated carbocycles. The van der Waals surface area contributed by atoms with E-state index in [1.54, 1.807) is 11.8 Å². The van der Waals surface area contributed by atoms with E-state index in [2.05, 4.69) is 59.8 Å². The minimum Gasteiger partial charge on any atom is -0.329 e. The first kappa shape index (κ1) is 16.3. The molecule has 0 aliphatic carbocycles. The molecule has 0 radical (unpaired) electrons. The van der Waals surface area contributed by atoms with E-state index in [9.17, 15) is 0 Å². The number of fused-ring (bicyclic) bond motifs is 1. The summed E-state index contributed by atoms with van der Waals surface area (Å²) < 4.78 is 2.17. The van der Waals surface area contributed by atoms with Crippen LogP contribution in [0.15, 0.2) is 29.4 Å². The molecular weight excluding hydrogens is 304 g/mol. The number of nitrogens with two attached hydrogens (primary N) is 1. The van der Waals surface area contributed by atoms with Gasteiger partial charge in [0.1, 0.15) is 0 Å². The lowest BCUT2D eigenvalue weighted by Gasteiger charge is -2.19. The van der Waals surface area contributed by atoms with Gasteiger partial charge < -0.3 is 10.3 Å². The molecule has 2 aromatic rings. The second-order valence-electron chi connectivity index (χ2n) is 6.22. The number of hydrogen-bond donors (Lipinski definition) is 1. The van der Waals surface area contributed by atoms with Crippen LogP contribution < -0.4 is 5.73 Å². The van der Waals surface area contributed by atoms with Gasteiger partial charge in [-0.15, -0.1) is 22.6 Å². The van der Waals surface area contributed by atoms with Crippen molar-refractivity contribution < 1.29 is 0 Å². The summed E-state index contributed by atoms with van der Waals surface area (Å²) in [6, 6.07) is 8.63. The van der Waals surface area contributed by atoms with E-state index < -0.39 is 0 Å². The smallest absolute Gasteiger partial charge is 0.191 e. The fraction of sp³-hybridized carbons (Fsp3) is 0.467. The average molecular weight is 325 g/mol. The van der Waals surface area contributed by atoms with Gasteiger partial charge in [-0.3, -0.25) is 0 Å². The predicted octanol–water partition coefficient (Wildman–Crippen LogP) is 3.10. The molecule has 0 amide bonds. The third-order valence-corrected chi connectivity index (χ3v) is 4.83. The zero-order chi connectivity index (χ0) is 14.3. The zero-order valence-electron chi connectivity index (χ0n) is 12.5. The van der Waals surface area contributed by atoms with Crippen molar-refractivity contribution in [2.75, 3.05) is 6.54 Å². The Hall–Kier alpha value is -1.04. The van der Waals surface area contributed by atoms with Crippen LogP contribution in [0, 0.1) is 0 Å². The van der Waals surface area contributed by atoms with E-state index in [0.29, 0.717) is 11.8 Å². The van der Waals surface area contributed by atoms with Crippen molar-refractivity contribution in [3.05, 3.63) is 29.8 Å². The number of benzene rings is 1. The molecule has 0 fully saturated rings. The monoisotopic (exact) mass is 324 g/mol. The Labute approximate surface area is 135 Å². The lowest BCUT2D eigenvalue weighted by molar-refractivity contribution is 0.590. The normalized spacial score (nSPS) is 17.4. The summed E-state index contributed by atoms with van der Waals surface area (Å²) in [7, 11) is 0. The van der Waals surface area contributed by atoms with Crippen molar-refractivity contribution >= 4 is 24.2 Å². The zero-order valence-corrected chi connectivity index (χ0v) is 14.2. The van der Waals surface area contributed by atoms with Crippen LogP contribution in [0.5, 0.6) is 0 Å². The van der Waals surface area contributed by atoms with Gasteiger partial charge in [-0.1, -0.05) is 56.8 Å². The second kappa shape index (κ2) is 5.99. The molecule has 6 heteroatoms. The van der Waals surface area contributed by atoms with Crippen LogP contribution in [0.4, 0.5) is 0 Å². The van der Waals surface area contributed by atoms with Gasteiger partial charge in [0.15, 0.2) is 11.0 Å². The van der Waals surface area contributed by atoms with Crippen LogP contribution in [0.25, 0.3) is 11.4 Å². The van der Waals surface area contributed by atoms with E-state index >= 15 is 0 Å². The van der Waals surface area contributed by atoms with Gasteiger partial charge >= 0.3 is 0 Å². The van der Waals surface area contributed by atoms with Crippen molar-refractivity contribution in [2.24, 2.45) is 5.73 Å². The van der Waals surface area contributed by atoms with Crippen LogP contribution in [0.3, 0.4) is 0 Å². The van der Waals surface area contributed by atoms with E-state index in [1.807, 2.05) is 0 Å². The van der Waals surface area contributed by atoms with Crippen molar-refractivity contribution in [2.45, 2.75) is 43.1 Å². The minimum absolute atomic E-state index is 0. The molecule has 0 bridgehead atoms. The minimum atomic E-state index is 0. The fourth-order valence-corrected chi connectivity index (χ4v) is 3.38. The number of aromatic nitrogens is 3. The Morgan fingerprint density at radius 2 is 1.90 bits per heavy atom. The first-order chi connectivity index (χ1) is 9.49. The molecule has 1 unspecified atom stereocenters. The molecule has 1 aromatic heterocycles. The standard InChI is InChI=1S/C15H20N4S.ClH/c1-15(2,3)11-6-4-10(5-7-11)13-17-18-14-19(13)9-12(8-16)20-14;/h4-7,12H,8-9,16H2,1-3H3;1H. The molecule has 21 heavy (non-hydrogen) atoms. The van der Waals surface area contributed by atoms with E-state index in [-0.39, 0.29) is 17.8 Å². The van der Waals surface area contributed by atoms with E-state index in [0.717, 1.165) is 23.1 Å². The van der Waals surface area contributed by atoms with Crippen molar-refractivity contribution in [1.82, 2.24) is 14.8 Å². The lowest BCUT2D eigenvalue weighted by atomic mass is 9.87. The quantitative estimate of drug-likeness (QED) is 0.922. The first-order valence-corrected chi connectivity index (χ1v) is 7.78. The largest absolute Gasteiger partial charge is 0.329 e. The van der Waals surface area contributed by atoms with E-state index in [1.165, 1.54) is 5.56 Å². The molecule has 2 N–H and O–H groups in total. The van der Waals surface area contributed by atoms with E-state index in [4.69, 9.17) is 5.73 Å². The maximum absolute atomic E-state index is 5.75. The Morgan fingerprint density at radius 1 is 1.24 bits per heavy atom. The van der Waals surface area contributed by atoms with Gasteiger partial charge in [0.2, 0.25) is 0 Å². The maximum Gasteiger partial charge on any atom is 0.191 e. The third-order valence-electron chi connectivity index (χ3n) is 3.65. The molecule has 1 aliphatic heterocycles. The summed E-state index contributed by atoms with van der Waals surface area (Å²) in [4.78, 5) is 0. The van der Waals surface area contributed by atoms with Crippen molar-refractivity contribution in [3.8, 4) is 11.4 Å².